The monoisotopic (exact) mass is 557 g/mol. The van der Waals surface area contributed by atoms with Crippen molar-refractivity contribution in [3.8, 4) is 0 Å². The summed E-state index contributed by atoms with van der Waals surface area (Å²) in [6.45, 7) is 20.1. The van der Waals surface area contributed by atoms with Crippen LogP contribution in [0.1, 0.15) is 67.7 Å². The summed E-state index contributed by atoms with van der Waals surface area (Å²) in [7, 11) is 0. The molecule has 0 saturated carbocycles. The van der Waals surface area contributed by atoms with Crippen molar-refractivity contribution >= 4 is 45.2 Å². The van der Waals surface area contributed by atoms with Crippen LogP contribution in [0.15, 0.2) is 33.6 Å². The van der Waals surface area contributed by atoms with Crippen molar-refractivity contribution in [1.29, 1.82) is 0 Å². The first-order chi connectivity index (χ1) is 11.2. The Bertz CT molecular complexity index is 437. The van der Waals surface area contributed by atoms with E-state index in [1.165, 1.54) is 27.7 Å². The van der Waals surface area contributed by atoms with Crippen molar-refractivity contribution in [3.63, 3.8) is 0 Å². The van der Waals surface area contributed by atoms with Crippen LogP contribution in [0.3, 0.4) is 0 Å². The highest BCUT2D eigenvalue weighted by atomic mass is 127. The minimum absolute atomic E-state index is 0.434. The summed E-state index contributed by atoms with van der Waals surface area (Å²) in [6.07, 6.45) is 7.84. The number of alkyl halides is 1. The van der Waals surface area contributed by atoms with Crippen LogP contribution in [-0.2, 0) is 0 Å². The molecule has 4 atom stereocenters. The van der Waals surface area contributed by atoms with Gasteiger partial charge in [0.05, 0.1) is 4.05 Å². The maximum atomic E-state index is 4.10. The van der Waals surface area contributed by atoms with E-state index in [1.807, 2.05) is 0 Å². The van der Waals surface area contributed by atoms with Crippen molar-refractivity contribution in [3.05, 3.63) is 33.6 Å². The molecule has 140 valence electrons. The molecule has 0 saturated heterocycles. The maximum absolute atomic E-state index is 4.10. The summed E-state index contributed by atoms with van der Waals surface area (Å²) in [5.74, 6) is 2.68. The van der Waals surface area contributed by atoms with E-state index >= 15 is 0 Å². The van der Waals surface area contributed by atoms with E-state index in [2.05, 4.69) is 118 Å². The van der Waals surface area contributed by atoms with E-state index in [9.17, 15) is 0 Å². The van der Waals surface area contributed by atoms with Crippen LogP contribution in [0.25, 0.3) is 0 Å². The molecule has 0 aliphatic heterocycles. The van der Waals surface area contributed by atoms with Crippen molar-refractivity contribution < 1.29 is 0 Å². The van der Waals surface area contributed by atoms with E-state index < -0.39 is 0 Å². The lowest BCUT2D eigenvalue weighted by atomic mass is 9.74. The Morgan fingerprint density at radius 1 is 1.21 bits per heavy atom. The van der Waals surface area contributed by atoms with Gasteiger partial charge in [0.15, 0.2) is 0 Å². The molecule has 0 amide bonds. The molecule has 0 aromatic heterocycles. The average molecular weight is 557 g/mol. The van der Waals surface area contributed by atoms with Gasteiger partial charge in [-0.1, -0.05) is 74.9 Å². The lowest BCUT2D eigenvalue weighted by Crippen LogP contribution is -2.32. The number of hydrogen-bond donors (Lipinski definition) is 1. The zero-order valence-corrected chi connectivity index (χ0v) is 20.9. The van der Waals surface area contributed by atoms with Gasteiger partial charge in [-0.3, -0.25) is 0 Å². The Morgan fingerprint density at radius 2 is 1.79 bits per heavy atom. The van der Waals surface area contributed by atoms with E-state index in [1.54, 1.807) is 0 Å². The van der Waals surface area contributed by atoms with Crippen molar-refractivity contribution in [2.45, 2.75) is 71.8 Å². The van der Waals surface area contributed by atoms with Gasteiger partial charge < -0.3 is 5.32 Å². The second kappa shape index (κ2) is 12.8. The zero-order valence-electron chi connectivity index (χ0n) is 16.6. The molecule has 0 rings (SSSR count). The van der Waals surface area contributed by atoms with Crippen LogP contribution in [0, 0.1) is 23.7 Å². The molecule has 1 N–H and O–H groups in total. The molecule has 0 spiro atoms. The summed E-state index contributed by atoms with van der Waals surface area (Å²) in [4.78, 5) is 0. The highest BCUT2D eigenvalue weighted by Crippen LogP contribution is 2.35. The minimum Gasteiger partial charge on any atom is -0.373 e. The third-order valence-electron chi connectivity index (χ3n) is 5.27. The molecule has 1 unspecified atom stereocenters. The fourth-order valence-electron chi connectivity index (χ4n) is 3.04. The van der Waals surface area contributed by atoms with Gasteiger partial charge in [-0.05, 0) is 79.4 Å². The Balaban J connectivity index is 5.19. The maximum Gasteiger partial charge on any atom is 0.0784 e. The summed E-state index contributed by atoms with van der Waals surface area (Å²) in [5.41, 5.74) is 2.72. The van der Waals surface area contributed by atoms with Gasteiger partial charge in [0, 0.05) is 9.28 Å². The number of halogens is 2. The van der Waals surface area contributed by atoms with Gasteiger partial charge in [-0.2, -0.15) is 0 Å². The largest absolute Gasteiger partial charge is 0.373 e. The lowest BCUT2D eigenvalue weighted by molar-refractivity contribution is 0.202. The highest BCUT2D eigenvalue weighted by Gasteiger charge is 2.28. The van der Waals surface area contributed by atoms with E-state index in [0.29, 0.717) is 27.7 Å². The molecule has 0 heterocycles. The number of allylic oxidation sites excluding steroid dienone is 4. The fraction of sp³-hybridized carbons (Fsp3) is 0.714. The van der Waals surface area contributed by atoms with E-state index in [-0.39, 0.29) is 0 Å². The van der Waals surface area contributed by atoms with Gasteiger partial charge in [0.25, 0.3) is 0 Å². The summed E-state index contributed by atoms with van der Waals surface area (Å²) in [5, 5.41) is 3.76. The fourth-order valence-corrected chi connectivity index (χ4v) is 4.81. The highest BCUT2D eigenvalue weighted by molar-refractivity contribution is 14.1. The van der Waals surface area contributed by atoms with Crippen molar-refractivity contribution in [2.75, 3.05) is 0 Å². The number of nitrogens with one attached hydrogen (secondary N) is 1. The smallest absolute Gasteiger partial charge is 0.0784 e. The Labute approximate surface area is 178 Å². The molecule has 0 bridgehead atoms. The topological polar surface area (TPSA) is 12.0 Å². The summed E-state index contributed by atoms with van der Waals surface area (Å²) >= 11 is 5.05. The first-order valence-electron chi connectivity index (χ1n) is 9.28. The van der Waals surface area contributed by atoms with Gasteiger partial charge in [-0.25, -0.2) is 0 Å². The van der Waals surface area contributed by atoms with Crippen LogP contribution in [0.5, 0.6) is 0 Å². The Kier molecular flexibility index (Phi) is 13.0. The van der Waals surface area contributed by atoms with Crippen LogP contribution < -0.4 is 5.32 Å². The Hall–Kier alpha value is 0.480. The predicted octanol–water partition coefficient (Wildman–Crippen LogP) is 7.87. The molecule has 0 aromatic carbocycles. The summed E-state index contributed by atoms with van der Waals surface area (Å²) in [6, 6.07) is 0. The third-order valence-corrected chi connectivity index (χ3v) is 7.59. The molecular weight excluding hydrogens is 520 g/mol. The van der Waals surface area contributed by atoms with Crippen molar-refractivity contribution in [2.24, 2.45) is 23.7 Å². The number of rotatable bonds is 11. The first kappa shape index (κ1) is 24.5. The molecule has 24 heavy (non-hydrogen) atoms. The zero-order chi connectivity index (χ0) is 18.9. The SMILES string of the molecule is C=C[C@@H](CC)[C@H](CC(I)NC(=C/C)/C(I)=C(/C)CC)[C@H](C)C(C)C. The summed E-state index contributed by atoms with van der Waals surface area (Å²) < 4.78 is 1.80. The van der Waals surface area contributed by atoms with Gasteiger partial charge in [0.2, 0.25) is 0 Å². The second-order valence-electron chi connectivity index (χ2n) is 7.07. The standard InChI is InChI=1S/C21H37I2N/c1-9-15(7)21(23)19(12-4)24-20(22)13-18(16(8)14(5)6)17(10-2)11-3/h10,12,14,16-18,20,24H,2,9,11,13H2,1,3-8H3/b19-12+,21-15+/t16-,17+,18-,20?/m1/s1. The lowest BCUT2D eigenvalue weighted by Gasteiger charge is -2.34. The van der Waals surface area contributed by atoms with Crippen LogP contribution in [0.4, 0.5) is 0 Å². The second-order valence-corrected chi connectivity index (χ2v) is 9.65. The molecule has 0 aliphatic carbocycles. The van der Waals surface area contributed by atoms with Crippen molar-refractivity contribution in [1.82, 2.24) is 5.32 Å². The first-order valence-corrected chi connectivity index (χ1v) is 11.6. The predicted molar refractivity (Wildman–Crippen MR) is 128 cm³/mol. The molecule has 0 aliphatic rings. The quantitative estimate of drug-likeness (QED) is 0.0897. The van der Waals surface area contributed by atoms with Crippen LogP contribution in [-0.4, -0.2) is 4.05 Å². The van der Waals surface area contributed by atoms with E-state index in [0.717, 1.165) is 6.42 Å². The number of hydrogen-bond acceptors (Lipinski definition) is 1. The molecule has 0 aromatic rings. The van der Waals surface area contributed by atoms with Crippen LogP contribution in [0.2, 0.25) is 0 Å². The third kappa shape index (κ3) is 7.79. The molecule has 1 nitrogen and oxygen atoms in total. The normalized spacial score (nSPS) is 18.7. The molecule has 3 heteroatoms. The average Bonchev–Trinajstić information content (AvgIpc) is 2.57. The van der Waals surface area contributed by atoms with E-state index in [4.69, 9.17) is 0 Å². The minimum atomic E-state index is 0.434. The van der Waals surface area contributed by atoms with Gasteiger partial charge in [0.1, 0.15) is 0 Å². The molecular formula is C21H37I2N. The van der Waals surface area contributed by atoms with Crippen LogP contribution >= 0.6 is 45.2 Å². The molecule has 0 fully saturated rings. The molecule has 0 radical (unpaired) electrons. The van der Waals surface area contributed by atoms with Gasteiger partial charge in [-0.15, -0.1) is 6.58 Å². The Morgan fingerprint density at radius 3 is 2.17 bits per heavy atom. The van der Waals surface area contributed by atoms with Gasteiger partial charge >= 0.3 is 0 Å².